The molecule has 1 aliphatic rings. The fraction of sp³-hybridized carbons (Fsp3) is 0.412. The minimum absolute atomic E-state index is 0. The van der Waals surface area contributed by atoms with Crippen molar-refractivity contribution in [1.82, 2.24) is 15.1 Å². The zero-order valence-corrected chi connectivity index (χ0v) is 16.1. The highest BCUT2D eigenvalue weighted by Crippen LogP contribution is 2.31. The number of amides is 1. The van der Waals surface area contributed by atoms with Gasteiger partial charge >= 0.3 is 0 Å². The van der Waals surface area contributed by atoms with Crippen molar-refractivity contribution in [2.24, 2.45) is 5.73 Å². The van der Waals surface area contributed by atoms with Crippen LogP contribution in [0, 0.1) is 0 Å². The number of unbranched alkanes of at least 4 members (excludes halogenated alkanes) is 1. The van der Waals surface area contributed by atoms with Crippen LogP contribution in [0.2, 0.25) is 10.0 Å². The Hall–Kier alpha value is -1.27. The van der Waals surface area contributed by atoms with Gasteiger partial charge in [0, 0.05) is 22.8 Å². The Morgan fingerprint density at radius 2 is 2.08 bits per heavy atom. The second-order valence-electron chi connectivity index (χ2n) is 5.89. The van der Waals surface area contributed by atoms with Crippen molar-refractivity contribution < 1.29 is 4.79 Å². The molecule has 1 heterocycles. The molecule has 0 saturated heterocycles. The highest BCUT2D eigenvalue weighted by atomic mass is 35.5. The molecule has 5 nitrogen and oxygen atoms in total. The smallest absolute Gasteiger partial charge is 0.272 e. The van der Waals surface area contributed by atoms with E-state index in [1.54, 1.807) is 16.8 Å². The molecular formula is C17H21Cl3N4O. The van der Waals surface area contributed by atoms with Gasteiger partial charge in [0.25, 0.3) is 5.91 Å². The first-order valence-corrected chi connectivity index (χ1v) is 8.92. The van der Waals surface area contributed by atoms with Crippen LogP contribution in [0.4, 0.5) is 0 Å². The zero-order valence-electron chi connectivity index (χ0n) is 13.7. The van der Waals surface area contributed by atoms with Crippen molar-refractivity contribution in [2.45, 2.75) is 32.1 Å². The van der Waals surface area contributed by atoms with Gasteiger partial charge < -0.3 is 11.1 Å². The Kier molecular flexibility index (Phi) is 7.14. The number of nitrogens with zero attached hydrogens (tertiary/aromatic N) is 2. The van der Waals surface area contributed by atoms with Gasteiger partial charge in [-0.1, -0.05) is 23.2 Å². The van der Waals surface area contributed by atoms with E-state index in [1.807, 2.05) is 6.07 Å². The number of nitrogens with one attached hydrogen (secondary N) is 1. The third kappa shape index (κ3) is 4.29. The summed E-state index contributed by atoms with van der Waals surface area (Å²) in [5.41, 5.74) is 8.81. The number of rotatable bonds is 6. The standard InChI is InChI=1S/C17H20Cl2N4O.ClH/c18-11-6-7-15(13(19)10-11)23-14-5-3-4-12(14)16(22-23)17(24)21-9-2-1-8-20;/h6-7,10H,1-5,8-9,20H2,(H,21,24);1H. The topological polar surface area (TPSA) is 72.9 Å². The summed E-state index contributed by atoms with van der Waals surface area (Å²) in [6, 6.07) is 5.30. The quantitative estimate of drug-likeness (QED) is 0.724. The monoisotopic (exact) mass is 402 g/mol. The molecule has 2 aromatic rings. The molecule has 3 rings (SSSR count). The van der Waals surface area contributed by atoms with Crippen molar-refractivity contribution in [1.29, 1.82) is 0 Å². The first-order valence-electron chi connectivity index (χ1n) is 8.16. The van der Waals surface area contributed by atoms with Gasteiger partial charge in [-0.2, -0.15) is 5.10 Å². The lowest BCUT2D eigenvalue weighted by Crippen LogP contribution is -2.26. The number of halogens is 3. The van der Waals surface area contributed by atoms with Crippen LogP contribution in [0.5, 0.6) is 0 Å². The molecule has 0 unspecified atom stereocenters. The van der Waals surface area contributed by atoms with Crippen LogP contribution in [-0.4, -0.2) is 28.8 Å². The molecule has 1 amide bonds. The molecule has 1 aromatic carbocycles. The molecule has 0 aliphatic heterocycles. The predicted octanol–water partition coefficient (Wildman–Crippen LogP) is 3.56. The van der Waals surface area contributed by atoms with E-state index in [0.717, 1.165) is 49.0 Å². The lowest BCUT2D eigenvalue weighted by atomic mass is 10.2. The third-order valence-electron chi connectivity index (χ3n) is 4.20. The molecule has 8 heteroatoms. The van der Waals surface area contributed by atoms with E-state index in [4.69, 9.17) is 28.9 Å². The van der Waals surface area contributed by atoms with E-state index in [1.165, 1.54) is 0 Å². The molecule has 25 heavy (non-hydrogen) atoms. The number of nitrogens with two attached hydrogens (primary N) is 1. The van der Waals surface area contributed by atoms with Crippen LogP contribution in [0.15, 0.2) is 18.2 Å². The lowest BCUT2D eigenvalue weighted by molar-refractivity contribution is 0.0946. The number of benzene rings is 1. The molecule has 1 aliphatic carbocycles. The van der Waals surface area contributed by atoms with Crippen molar-refractivity contribution in [3.63, 3.8) is 0 Å². The first-order chi connectivity index (χ1) is 11.6. The summed E-state index contributed by atoms with van der Waals surface area (Å²) in [7, 11) is 0. The number of fused-ring (bicyclic) bond motifs is 1. The van der Waals surface area contributed by atoms with E-state index >= 15 is 0 Å². The van der Waals surface area contributed by atoms with E-state index in [9.17, 15) is 4.79 Å². The predicted molar refractivity (Wildman–Crippen MR) is 103 cm³/mol. The first kappa shape index (κ1) is 20.0. The Bertz CT molecular complexity index is 761. The molecule has 136 valence electrons. The normalized spacial score (nSPS) is 12.6. The Morgan fingerprint density at radius 3 is 2.80 bits per heavy atom. The highest BCUT2D eigenvalue weighted by molar-refractivity contribution is 6.35. The molecule has 3 N–H and O–H groups in total. The van der Waals surface area contributed by atoms with Crippen LogP contribution in [0.25, 0.3) is 5.69 Å². The minimum Gasteiger partial charge on any atom is -0.351 e. The van der Waals surface area contributed by atoms with Crippen molar-refractivity contribution >= 4 is 41.5 Å². The van der Waals surface area contributed by atoms with Gasteiger partial charge in [0.1, 0.15) is 0 Å². The maximum absolute atomic E-state index is 12.5. The van der Waals surface area contributed by atoms with Gasteiger partial charge in [0.05, 0.1) is 10.7 Å². The largest absolute Gasteiger partial charge is 0.351 e. The van der Waals surface area contributed by atoms with Crippen LogP contribution >= 0.6 is 35.6 Å². The lowest BCUT2D eigenvalue weighted by Gasteiger charge is -2.08. The van der Waals surface area contributed by atoms with E-state index in [0.29, 0.717) is 28.8 Å². The number of hydrogen-bond acceptors (Lipinski definition) is 3. The average Bonchev–Trinajstić information content (AvgIpc) is 3.14. The third-order valence-corrected chi connectivity index (χ3v) is 4.74. The average molecular weight is 404 g/mol. The molecule has 0 bridgehead atoms. The second kappa shape index (κ2) is 8.90. The van der Waals surface area contributed by atoms with Gasteiger partial charge in [-0.3, -0.25) is 4.79 Å². The zero-order chi connectivity index (χ0) is 17.1. The maximum Gasteiger partial charge on any atom is 0.272 e. The van der Waals surface area contributed by atoms with Gasteiger partial charge in [0.15, 0.2) is 5.69 Å². The van der Waals surface area contributed by atoms with Crippen molar-refractivity contribution in [3.05, 3.63) is 45.2 Å². The summed E-state index contributed by atoms with van der Waals surface area (Å²) < 4.78 is 1.79. The SMILES string of the molecule is Cl.NCCCCNC(=O)c1nn(-c2ccc(Cl)cc2Cl)c2c1CCC2. The van der Waals surface area contributed by atoms with Crippen LogP contribution < -0.4 is 11.1 Å². The molecule has 0 spiro atoms. The van der Waals surface area contributed by atoms with Crippen molar-refractivity contribution in [2.75, 3.05) is 13.1 Å². The summed E-state index contributed by atoms with van der Waals surface area (Å²) in [4.78, 5) is 12.5. The number of carbonyl (C=O) groups is 1. The van der Waals surface area contributed by atoms with Crippen molar-refractivity contribution in [3.8, 4) is 5.69 Å². The molecule has 0 atom stereocenters. The Morgan fingerprint density at radius 1 is 1.28 bits per heavy atom. The fourth-order valence-corrected chi connectivity index (χ4v) is 3.52. The summed E-state index contributed by atoms with van der Waals surface area (Å²) in [5.74, 6) is -0.131. The Labute approximate surface area is 163 Å². The summed E-state index contributed by atoms with van der Waals surface area (Å²) in [5, 5.41) is 8.57. The summed E-state index contributed by atoms with van der Waals surface area (Å²) in [6.07, 6.45) is 4.54. The molecular weight excluding hydrogens is 383 g/mol. The van der Waals surface area contributed by atoms with E-state index in [-0.39, 0.29) is 18.3 Å². The van der Waals surface area contributed by atoms with Gasteiger partial charge in [-0.25, -0.2) is 4.68 Å². The molecule has 0 radical (unpaired) electrons. The molecule has 0 saturated carbocycles. The van der Waals surface area contributed by atoms with Gasteiger partial charge in [0.2, 0.25) is 0 Å². The second-order valence-corrected chi connectivity index (χ2v) is 6.73. The number of hydrogen-bond donors (Lipinski definition) is 2. The van der Waals surface area contributed by atoms with E-state index < -0.39 is 0 Å². The Balaban J connectivity index is 0.00000225. The van der Waals surface area contributed by atoms with E-state index in [2.05, 4.69) is 10.4 Å². The minimum atomic E-state index is -0.131. The number of aromatic nitrogens is 2. The summed E-state index contributed by atoms with van der Waals surface area (Å²) >= 11 is 12.3. The molecule has 1 aromatic heterocycles. The number of carbonyl (C=O) groups excluding carboxylic acids is 1. The maximum atomic E-state index is 12.5. The fourth-order valence-electron chi connectivity index (χ4n) is 3.03. The highest BCUT2D eigenvalue weighted by Gasteiger charge is 2.27. The van der Waals surface area contributed by atoms with Crippen LogP contribution in [0.3, 0.4) is 0 Å². The summed E-state index contributed by atoms with van der Waals surface area (Å²) in [6.45, 7) is 1.24. The van der Waals surface area contributed by atoms with Crippen LogP contribution in [-0.2, 0) is 12.8 Å². The van der Waals surface area contributed by atoms with Crippen LogP contribution in [0.1, 0.15) is 41.0 Å². The molecule has 0 fully saturated rings. The van der Waals surface area contributed by atoms with Gasteiger partial charge in [-0.05, 0) is 56.8 Å². The van der Waals surface area contributed by atoms with Gasteiger partial charge in [-0.15, -0.1) is 12.4 Å².